The van der Waals surface area contributed by atoms with Crippen molar-refractivity contribution in [2.45, 2.75) is 39.2 Å². The van der Waals surface area contributed by atoms with Crippen molar-refractivity contribution >= 4 is 34.8 Å². The minimum atomic E-state index is -0.316. The molecule has 0 radical (unpaired) electrons. The van der Waals surface area contributed by atoms with Gasteiger partial charge in [0.05, 0.1) is 6.10 Å². The second-order valence-electron chi connectivity index (χ2n) is 7.53. The first-order valence-electron chi connectivity index (χ1n) is 10.2. The largest absolute Gasteiger partial charge is 0.491 e. The fourth-order valence-electron chi connectivity index (χ4n) is 3.30. The number of nitrogens with one attached hydrogen (secondary N) is 2. The van der Waals surface area contributed by atoms with E-state index < -0.39 is 0 Å². The van der Waals surface area contributed by atoms with Crippen LogP contribution >= 0.6 is 12.2 Å². The normalized spacial score (nSPS) is 13.6. The molecule has 2 aromatic rings. The maximum absolute atomic E-state index is 12.7. The fraction of sp³-hybridized carbons (Fsp3) is 0.348. The molecule has 0 saturated carbocycles. The summed E-state index contributed by atoms with van der Waals surface area (Å²) < 4.78 is 5.58. The highest BCUT2D eigenvalue weighted by atomic mass is 32.1. The molecule has 7 heteroatoms. The Hall–Kier alpha value is -2.93. The van der Waals surface area contributed by atoms with Crippen LogP contribution < -0.4 is 15.4 Å². The minimum absolute atomic E-state index is 0.0250. The van der Waals surface area contributed by atoms with Crippen molar-refractivity contribution in [1.82, 2.24) is 10.2 Å². The Morgan fingerprint density at radius 3 is 2.37 bits per heavy atom. The van der Waals surface area contributed by atoms with Crippen LogP contribution in [-0.4, -0.2) is 41.0 Å². The van der Waals surface area contributed by atoms with Crippen LogP contribution in [0.15, 0.2) is 48.5 Å². The highest BCUT2D eigenvalue weighted by molar-refractivity contribution is 7.80. The molecule has 0 spiro atoms. The molecule has 1 aliphatic rings. The third-order valence-corrected chi connectivity index (χ3v) is 4.93. The summed E-state index contributed by atoms with van der Waals surface area (Å²) in [5.41, 5.74) is 1.74. The van der Waals surface area contributed by atoms with Crippen molar-refractivity contribution in [2.75, 3.05) is 18.4 Å². The van der Waals surface area contributed by atoms with E-state index in [-0.39, 0.29) is 23.0 Å². The van der Waals surface area contributed by atoms with Gasteiger partial charge >= 0.3 is 0 Å². The Morgan fingerprint density at radius 1 is 1.00 bits per heavy atom. The Labute approximate surface area is 182 Å². The molecule has 1 aliphatic heterocycles. The molecular formula is C23H27N3O3S. The standard InChI is InChI=1S/C23H27N3O3S/c1-16(2)29-20-11-9-17(10-12-20)21(27)25-23(30)24-19-8-6-7-18(15-19)22(28)26-13-4-3-5-14-26/h6-12,15-16H,3-5,13-14H2,1-2H3,(H2,24,25,27,30). The lowest BCUT2D eigenvalue weighted by molar-refractivity contribution is 0.0724. The third-order valence-electron chi connectivity index (χ3n) is 4.73. The molecular weight excluding hydrogens is 398 g/mol. The van der Waals surface area contributed by atoms with Crippen molar-refractivity contribution < 1.29 is 14.3 Å². The van der Waals surface area contributed by atoms with Crippen LogP contribution in [0.1, 0.15) is 53.8 Å². The molecule has 0 atom stereocenters. The van der Waals surface area contributed by atoms with E-state index in [9.17, 15) is 9.59 Å². The quantitative estimate of drug-likeness (QED) is 0.702. The number of benzene rings is 2. The van der Waals surface area contributed by atoms with Crippen molar-refractivity contribution in [1.29, 1.82) is 0 Å². The zero-order chi connectivity index (χ0) is 21.5. The zero-order valence-corrected chi connectivity index (χ0v) is 18.1. The van der Waals surface area contributed by atoms with Crippen LogP contribution in [0.2, 0.25) is 0 Å². The molecule has 30 heavy (non-hydrogen) atoms. The van der Waals surface area contributed by atoms with Crippen LogP contribution in [0.4, 0.5) is 5.69 Å². The number of piperidine rings is 1. The van der Waals surface area contributed by atoms with Gasteiger partial charge in [-0.1, -0.05) is 6.07 Å². The minimum Gasteiger partial charge on any atom is -0.491 e. The molecule has 0 bridgehead atoms. The molecule has 1 saturated heterocycles. The Kier molecular flexibility index (Phi) is 7.41. The highest BCUT2D eigenvalue weighted by Crippen LogP contribution is 2.17. The Bertz CT molecular complexity index is 906. The highest BCUT2D eigenvalue weighted by Gasteiger charge is 2.18. The first-order chi connectivity index (χ1) is 14.4. The second-order valence-corrected chi connectivity index (χ2v) is 7.94. The molecule has 158 valence electrons. The summed E-state index contributed by atoms with van der Waals surface area (Å²) in [7, 11) is 0. The molecule has 3 rings (SSSR count). The second kappa shape index (κ2) is 10.2. The van der Waals surface area contributed by atoms with E-state index in [4.69, 9.17) is 17.0 Å². The number of carbonyl (C=O) groups is 2. The van der Waals surface area contributed by atoms with E-state index in [2.05, 4.69) is 10.6 Å². The van der Waals surface area contributed by atoms with Crippen LogP contribution in [0.5, 0.6) is 5.75 Å². The van der Waals surface area contributed by atoms with E-state index >= 15 is 0 Å². The van der Waals surface area contributed by atoms with E-state index in [1.165, 1.54) is 6.42 Å². The molecule has 0 unspecified atom stereocenters. The zero-order valence-electron chi connectivity index (χ0n) is 17.3. The number of amides is 2. The first kappa shape index (κ1) is 21.8. The van der Waals surface area contributed by atoms with Crippen molar-refractivity contribution in [3.05, 3.63) is 59.7 Å². The lowest BCUT2D eigenvalue weighted by atomic mass is 10.1. The van der Waals surface area contributed by atoms with Gasteiger partial charge in [-0.05, 0) is 87.8 Å². The van der Waals surface area contributed by atoms with Gasteiger partial charge in [0.25, 0.3) is 11.8 Å². The van der Waals surface area contributed by atoms with E-state index in [0.29, 0.717) is 22.6 Å². The summed E-state index contributed by atoms with van der Waals surface area (Å²) in [6.45, 7) is 5.48. The molecule has 2 N–H and O–H groups in total. The summed E-state index contributed by atoms with van der Waals surface area (Å²) >= 11 is 5.27. The van der Waals surface area contributed by atoms with Gasteiger partial charge in [0.2, 0.25) is 0 Å². The summed E-state index contributed by atoms with van der Waals surface area (Å²) in [5.74, 6) is 0.415. The Morgan fingerprint density at radius 2 is 1.70 bits per heavy atom. The summed E-state index contributed by atoms with van der Waals surface area (Å²) in [4.78, 5) is 27.0. The summed E-state index contributed by atoms with van der Waals surface area (Å²) in [6, 6.07) is 14.0. The predicted octanol–water partition coefficient (Wildman–Crippen LogP) is 4.23. The third kappa shape index (κ3) is 6.03. The molecule has 0 aromatic heterocycles. The lowest BCUT2D eigenvalue weighted by Crippen LogP contribution is -2.36. The van der Waals surface area contributed by atoms with Crippen molar-refractivity contribution in [2.24, 2.45) is 0 Å². The average molecular weight is 426 g/mol. The van der Waals surface area contributed by atoms with E-state index in [1.54, 1.807) is 42.5 Å². The molecule has 2 amide bonds. The maximum atomic E-state index is 12.7. The number of hydrogen-bond acceptors (Lipinski definition) is 4. The number of ether oxygens (including phenoxy) is 1. The number of carbonyl (C=O) groups excluding carboxylic acids is 2. The monoisotopic (exact) mass is 425 g/mol. The average Bonchev–Trinajstić information content (AvgIpc) is 2.74. The van der Waals surface area contributed by atoms with Gasteiger partial charge in [-0.2, -0.15) is 0 Å². The predicted molar refractivity (Wildman–Crippen MR) is 122 cm³/mol. The molecule has 6 nitrogen and oxygen atoms in total. The van der Waals surface area contributed by atoms with Gasteiger partial charge in [-0.25, -0.2) is 0 Å². The SMILES string of the molecule is CC(C)Oc1ccc(C(=O)NC(=S)Nc2cccc(C(=O)N3CCCCC3)c2)cc1. The topological polar surface area (TPSA) is 70.7 Å². The maximum Gasteiger partial charge on any atom is 0.257 e. The molecule has 0 aliphatic carbocycles. The fourth-order valence-corrected chi connectivity index (χ4v) is 3.51. The van der Waals surface area contributed by atoms with Gasteiger partial charge in [0, 0.05) is 29.9 Å². The van der Waals surface area contributed by atoms with Crippen molar-refractivity contribution in [3.8, 4) is 5.75 Å². The lowest BCUT2D eigenvalue weighted by Gasteiger charge is -2.26. The van der Waals surface area contributed by atoms with Crippen molar-refractivity contribution in [3.63, 3.8) is 0 Å². The van der Waals surface area contributed by atoms with Gasteiger partial charge in [0.15, 0.2) is 5.11 Å². The van der Waals surface area contributed by atoms with Gasteiger partial charge in [-0.3, -0.25) is 14.9 Å². The van der Waals surface area contributed by atoms with Crippen LogP contribution in [0.25, 0.3) is 0 Å². The molecule has 1 fully saturated rings. The number of nitrogens with zero attached hydrogens (tertiary/aromatic N) is 1. The van der Waals surface area contributed by atoms with Crippen LogP contribution in [-0.2, 0) is 0 Å². The summed E-state index contributed by atoms with van der Waals surface area (Å²) in [5, 5.41) is 5.82. The number of rotatable bonds is 5. The van der Waals surface area contributed by atoms with Gasteiger partial charge in [-0.15, -0.1) is 0 Å². The summed E-state index contributed by atoms with van der Waals surface area (Å²) in [6.07, 6.45) is 3.33. The molecule has 2 aromatic carbocycles. The van der Waals surface area contributed by atoms with Gasteiger partial charge in [0.1, 0.15) is 5.75 Å². The number of anilines is 1. The first-order valence-corrected chi connectivity index (χ1v) is 10.6. The van der Waals surface area contributed by atoms with Crippen LogP contribution in [0.3, 0.4) is 0 Å². The van der Waals surface area contributed by atoms with Crippen LogP contribution in [0, 0.1) is 0 Å². The smallest absolute Gasteiger partial charge is 0.257 e. The Balaban J connectivity index is 1.58. The molecule has 1 heterocycles. The number of thiocarbonyl (C=S) groups is 1. The van der Waals surface area contributed by atoms with E-state index in [0.717, 1.165) is 25.9 Å². The van der Waals surface area contributed by atoms with E-state index in [1.807, 2.05) is 24.8 Å². The number of likely N-dealkylation sites (tertiary alicyclic amines) is 1. The van der Waals surface area contributed by atoms with Gasteiger partial charge < -0.3 is 15.0 Å². The number of hydrogen-bond donors (Lipinski definition) is 2.